The van der Waals surface area contributed by atoms with Crippen molar-refractivity contribution in [3.05, 3.63) is 29.8 Å². The maximum atomic E-state index is 9.12. The van der Waals surface area contributed by atoms with Crippen molar-refractivity contribution in [2.75, 3.05) is 13.7 Å². The first-order chi connectivity index (χ1) is 7.63. The van der Waals surface area contributed by atoms with Crippen LogP contribution >= 0.6 is 0 Å². The van der Waals surface area contributed by atoms with Crippen LogP contribution < -0.4 is 10.1 Å². The Hall–Kier alpha value is -1.06. The van der Waals surface area contributed by atoms with Crippen molar-refractivity contribution in [2.45, 2.75) is 32.4 Å². The second-order valence-electron chi connectivity index (χ2n) is 4.07. The molecule has 0 saturated heterocycles. The molecule has 0 heterocycles. The summed E-state index contributed by atoms with van der Waals surface area (Å²) in [6, 6.07) is 8.35. The van der Waals surface area contributed by atoms with Gasteiger partial charge in [-0.05, 0) is 38.6 Å². The third kappa shape index (κ3) is 4.21. The number of benzene rings is 1. The molecular formula is C13H21NO2. The van der Waals surface area contributed by atoms with Gasteiger partial charge in [-0.3, -0.25) is 0 Å². The summed E-state index contributed by atoms with van der Waals surface area (Å²) >= 11 is 0. The minimum absolute atomic E-state index is 0.306. The first-order valence-corrected chi connectivity index (χ1v) is 5.71. The van der Waals surface area contributed by atoms with Gasteiger partial charge in [0.1, 0.15) is 5.75 Å². The van der Waals surface area contributed by atoms with Gasteiger partial charge in [-0.2, -0.15) is 0 Å². The van der Waals surface area contributed by atoms with Gasteiger partial charge in [-0.15, -0.1) is 0 Å². The van der Waals surface area contributed by atoms with Gasteiger partial charge in [0.25, 0.3) is 0 Å². The van der Waals surface area contributed by atoms with Gasteiger partial charge in [0.15, 0.2) is 0 Å². The minimum Gasteiger partial charge on any atom is -0.493 e. The molecule has 0 aliphatic heterocycles. The average Bonchev–Trinajstić information content (AvgIpc) is 2.28. The van der Waals surface area contributed by atoms with Crippen molar-refractivity contribution in [3.8, 4) is 5.75 Å². The molecule has 1 aromatic carbocycles. The Kier molecular flexibility index (Phi) is 5.29. The van der Waals surface area contributed by atoms with Crippen LogP contribution in [0.5, 0.6) is 5.75 Å². The van der Waals surface area contributed by atoms with Crippen LogP contribution in [0.25, 0.3) is 0 Å². The molecule has 0 radical (unpaired) electrons. The van der Waals surface area contributed by atoms with Gasteiger partial charge >= 0.3 is 0 Å². The summed E-state index contributed by atoms with van der Waals surface area (Å²) in [5.41, 5.74) is 1.21. The summed E-state index contributed by atoms with van der Waals surface area (Å²) in [6.07, 6.45) is 0.352. The van der Waals surface area contributed by atoms with Crippen molar-refractivity contribution < 1.29 is 9.84 Å². The Balaban J connectivity index is 2.54. The largest absolute Gasteiger partial charge is 0.493 e. The molecule has 0 bridgehead atoms. The zero-order valence-electron chi connectivity index (χ0n) is 10.2. The number of hydrogen-bond donors (Lipinski definition) is 2. The number of aliphatic hydroxyl groups is 1. The van der Waals surface area contributed by atoms with Crippen molar-refractivity contribution in [2.24, 2.45) is 0 Å². The van der Waals surface area contributed by atoms with Crippen molar-refractivity contribution >= 4 is 0 Å². The van der Waals surface area contributed by atoms with E-state index in [9.17, 15) is 0 Å². The molecule has 0 aliphatic carbocycles. The van der Waals surface area contributed by atoms with Crippen LogP contribution in [-0.4, -0.2) is 24.9 Å². The molecule has 0 fully saturated rings. The second-order valence-corrected chi connectivity index (χ2v) is 4.07. The SMILES string of the molecule is CNC(C)c1cccc(OCCC(C)O)c1. The topological polar surface area (TPSA) is 41.5 Å². The van der Waals surface area contributed by atoms with E-state index >= 15 is 0 Å². The fraction of sp³-hybridized carbons (Fsp3) is 0.538. The van der Waals surface area contributed by atoms with Crippen LogP contribution in [0.2, 0.25) is 0 Å². The molecule has 0 amide bonds. The molecule has 3 nitrogen and oxygen atoms in total. The van der Waals surface area contributed by atoms with Crippen LogP contribution in [0.4, 0.5) is 0 Å². The summed E-state index contributed by atoms with van der Waals surface area (Å²) < 4.78 is 5.56. The Morgan fingerprint density at radius 3 is 2.75 bits per heavy atom. The molecule has 1 rings (SSSR count). The van der Waals surface area contributed by atoms with Crippen molar-refractivity contribution in [3.63, 3.8) is 0 Å². The van der Waals surface area contributed by atoms with E-state index in [-0.39, 0.29) is 6.10 Å². The monoisotopic (exact) mass is 223 g/mol. The summed E-state index contributed by atoms with van der Waals surface area (Å²) in [4.78, 5) is 0. The van der Waals surface area contributed by atoms with E-state index in [0.29, 0.717) is 19.1 Å². The van der Waals surface area contributed by atoms with Crippen molar-refractivity contribution in [1.29, 1.82) is 0 Å². The first kappa shape index (κ1) is 13.0. The Morgan fingerprint density at radius 2 is 2.12 bits per heavy atom. The van der Waals surface area contributed by atoms with Gasteiger partial charge in [0.05, 0.1) is 12.7 Å². The average molecular weight is 223 g/mol. The van der Waals surface area contributed by atoms with E-state index in [4.69, 9.17) is 9.84 Å². The highest BCUT2D eigenvalue weighted by Crippen LogP contribution is 2.18. The van der Waals surface area contributed by atoms with Crippen molar-refractivity contribution in [1.82, 2.24) is 5.32 Å². The molecule has 2 N–H and O–H groups in total. The van der Waals surface area contributed by atoms with Gasteiger partial charge in [0, 0.05) is 12.5 Å². The second kappa shape index (κ2) is 6.51. The lowest BCUT2D eigenvalue weighted by molar-refractivity contribution is 0.155. The van der Waals surface area contributed by atoms with Gasteiger partial charge in [0.2, 0.25) is 0 Å². The highest BCUT2D eigenvalue weighted by Gasteiger charge is 2.03. The molecule has 0 saturated carbocycles. The number of ether oxygens (including phenoxy) is 1. The first-order valence-electron chi connectivity index (χ1n) is 5.71. The molecule has 16 heavy (non-hydrogen) atoms. The van der Waals surface area contributed by atoms with Gasteiger partial charge in [-0.1, -0.05) is 12.1 Å². The van der Waals surface area contributed by atoms with E-state index < -0.39 is 0 Å². The highest BCUT2D eigenvalue weighted by molar-refractivity contribution is 5.30. The zero-order valence-corrected chi connectivity index (χ0v) is 10.2. The summed E-state index contributed by atoms with van der Waals surface area (Å²) in [5.74, 6) is 0.861. The number of aliphatic hydroxyl groups excluding tert-OH is 1. The molecule has 0 aliphatic rings. The summed E-state index contributed by atoms with van der Waals surface area (Å²) in [5, 5.41) is 12.3. The number of hydrogen-bond acceptors (Lipinski definition) is 3. The van der Waals surface area contributed by atoms with Crippen LogP contribution in [0.3, 0.4) is 0 Å². The Labute approximate surface area is 97.4 Å². The molecule has 0 aromatic heterocycles. The van der Waals surface area contributed by atoms with E-state index in [0.717, 1.165) is 5.75 Å². The number of nitrogens with one attached hydrogen (secondary N) is 1. The van der Waals surface area contributed by atoms with E-state index in [1.54, 1.807) is 6.92 Å². The highest BCUT2D eigenvalue weighted by atomic mass is 16.5. The number of rotatable bonds is 6. The predicted molar refractivity (Wildman–Crippen MR) is 65.7 cm³/mol. The predicted octanol–water partition coefficient (Wildman–Crippen LogP) is 2.12. The van der Waals surface area contributed by atoms with E-state index in [2.05, 4.69) is 18.3 Å². The fourth-order valence-corrected chi connectivity index (χ4v) is 1.39. The summed E-state index contributed by atoms with van der Waals surface area (Å²) in [6.45, 7) is 4.42. The molecule has 90 valence electrons. The van der Waals surface area contributed by atoms with E-state index in [1.807, 2.05) is 25.2 Å². The lowest BCUT2D eigenvalue weighted by atomic mass is 10.1. The van der Waals surface area contributed by atoms with Crippen LogP contribution in [0.1, 0.15) is 31.9 Å². The van der Waals surface area contributed by atoms with Crippen LogP contribution in [0.15, 0.2) is 24.3 Å². The molecule has 2 atom stereocenters. The third-order valence-electron chi connectivity index (χ3n) is 2.60. The van der Waals surface area contributed by atoms with E-state index in [1.165, 1.54) is 5.56 Å². The van der Waals surface area contributed by atoms with Crippen LogP contribution in [-0.2, 0) is 0 Å². The molecule has 3 heteroatoms. The standard InChI is InChI=1S/C13H21NO2/c1-10(15)7-8-16-13-6-4-5-12(9-13)11(2)14-3/h4-6,9-11,14-15H,7-8H2,1-3H3. The molecule has 0 spiro atoms. The van der Waals surface area contributed by atoms with Gasteiger partial charge in [-0.25, -0.2) is 0 Å². The summed E-state index contributed by atoms with van der Waals surface area (Å²) in [7, 11) is 1.94. The molecule has 1 aromatic rings. The molecular weight excluding hydrogens is 202 g/mol. The minimum atomic E-state index is -0.306. The quantitative estimate of drug-likeness (QED) is 0.776. The van der Waals surface area contributed by atoms with Gasteiger partial charge < -0.3 is 15.2 Å². The normalized spacial score (nSPS) is 14.5. The van der Waals surface area contributed by atoms with Crippen LogP contribution in [0, 0.1) is 0 Å². The lowest BCUT2D eigenvalue weighted by Crippen LogP contribution is -2.12. The smallest absolute Gasteiger partial charge is 0.119 e. The Bertz CT molecular complexity index is 313. The lowest BCUT2D eigenvalue weighted by Gasteiger charge is -2.13. The maximum Gasteiger partial charge on any atom is 0.119 e. The maximum absolute atomic E-state index is 9.12. The third-order valence-corrected chi connectivity index (χ3v) is 2.60. The Morgan fingerprint density at radius 1 is 1.38 bits per heavy atom. The zero-order chi connectivity index (χ0) is 12.0. The fourth-order valence-electron chi connectivity index (χ4n) is 1.39. The molecule has 2 unspecified atom stereocenters.